The summed E-state index contributed by atoms with van der Waals surface area (Å²) in [5.74, 6) is -1.47. The van der Waals surface area contributed by atoms with Gasteiger partial charge in [0.25, 0.3) is 11.7 Å². The van der Waals surface area contributed by atoms with E-state index in [2.05, 4.69) is 4.98 Å². The van der Waals surface area contributed by atoms with Gasteiger partial charge in [-0.1, -0.05) is 30.3 Å². The number of aliphatic hydroxyl groups is 1. The quantitative estimate of drug-likeness (QED) is 0.338. The van der Waals surface area contributed by atoms with Crippen molar-refractivity contribution in [3.05, 3.63) is 76.5 Å². The molecule has 1 amide bonds. The number of carbonyl (C=O) groups excluding carboxylic acids is 2. The maximum Gasteiger partial charge on any atom is 0.295 e. The first-order valence-electron chi connectivity index (χ1n) is 10.8. The van der Waals surface area contributed by atoms with Gasteiger partial charge in [-0.05, 0) is 51.0 Å². The lowest BCUT2D eigenvalue weighted by molar-refractivity contribution is -0.140. The van der Waals surface area contributed by atoms with Crippen molar-refractivity contribution in [2.75, 3.05) is 13.2 Å². The first-order chi connectivity index (χ1) is 15.3. The van der Waals surface area contributed by atoms with Crippen molar-refractivity contribution in [2.45, 2.75) is 39.8 Å². The number of Topliss-reactive ketones (excluding diaryl/α,β-unsaturated/α-hetero) is 1. The zero-order chi connectivity index (χ0) is 23.0. The molecule has 0 radical (unpaired) electrons. The Morgan fingerprint density at radius 2 is 1.88 bits per heavy atom. The van der Waals surface area contributed by atoms with Crippen molar-refractivity contribution >= 4 is 28.4 Å². The Hall–Kier alpha value is -3.38. The molecule has 2 aromatic carbocycles. The van der Waals surface area contributed by atoms with Gasteiger partial charge in [-0.25, -0.2) is 0 Å². The third kappa shape index (κ3) is 3.82. The molecule has 166 valence electrons. The lowest BCUT2D eigenvalue weighted by Gasteiger charge is -2.25. The number of benzene rings is 2. The molecule has 1 aliphatic rings. The highest BCUT2D eigenvalue weighted by molar-refractivity contribution is 6.46. The van der Waals surface area contributed by atoms with Gasteiger partial charge in [-0.2, -0.15) is 0 Å². The number of nitrogens with one attached hydrogen (secondary N) is 1. The Kier molecular flexibility index (Phi) is 5.89. The zero-order valence-corrected chi connectivity index (χ0v) is 18.8. The number of hydrogen-bond acceptors (Lipinski definition) is 4. The van der Waals surface area contributed by atoms with Crippen molar-refractivity contribution in [1.29, 1.82) is 0 Å². The van der Waals surface area contributed by atoms with E-state index >= 15 is 0 Å². The topological polar surface area (TPSA) is 82.6 Å². The van der Waals surface area contributed by atoms with E-state index in [4.69, 9.17) is 4.74 Å². The van der Waals surface area contributed by atoms with Crippen molar-refractivity contribution in [1.82, 2.24) is 9.88 Å². The molecule has 3 aromatic rings. The van der Waals surface area contributed by atoms with Crippen LogP contribution in [0.4, 0.5) is 0 Å². The average molecular weight is 433 g/mol. The molecule has 0 bridgehead atoms. The summed E-state index contributed by atoms with van der Waals surface area (Å²) in [6.07, 6.45) is 1.82. The maximum absolute atomic E-state index is 13.2. The summed E-state index contributed by atoms with van der Waals surface area (Å²) in [7, 11) is 0. The highest BCUT2D eigenvalue weighted by Gasteiger charge is 2.46. The number of aromatic amines is 1. The molecule has 0 spiro atoms. The fourth-order valence-electron chi connectivity index (χ4n) is 4.19. The number of ether oxygens (including phenoxy) is 1. The highest BCUT2D eigenvalue weighted by atomic mass is 16.5. The summed E-state index contributed by atoms with van der Waals surface area (Å²) in [6, 6.07) is 12.5. The van der Waals surface area contributed by atoms with Gasteiger partial charge in [0.05, 0.1) is 24.3 Å². The van der Waals surface area contributed by atoms with E-state index < -0.39 is 17.7 Å². The van der Waals surface area contributed by atoms with Gasteiger partial charge in [0.15, 0.2) is 0 Å². The number of fused-ring (bicyclic) bond motifs is 1. The number of ketones is 1. The molecule has 1 atom stereocenters. The van der Waals surface area contributed by atoms with Crippen molar-refractivity contribution in [3.8, 4) is 0 Å². The number of para-hydroxylation sites is 1. The van der Waals surface area contributed by atoms with Crippen LogP contribution in [0.2, 0.25) is 0 Å². The molecule has 32 heavy (non-hydrogen) atoms. The average Bonchev–Trinajstić information content (AvgIpc) is 3.29. The van der Waals surface area contributed by atoms with E-state index in [1.54, 1.807) is 6.07 Å². The Morgan fingerprint density at radius 3 is 2.59 bits per heavy atom. The molecule has 1 fully saturated rings. The van der Waals surface area contributed by atoms with Gasteiger partial charge in [-0.15, -0.1) is 0 Å². The number of aliphatic hydroxyl groups excluding tert-OH is 1. The van der Waals surface area contributed by atoms with E-state index in [-0.39, 0.29) is 24.0 Å². The summed E-state index contributed by atoms with van der Waals surface area (Å²) < 4.78 is 5.66. The van der Waals surface area contributed by atoms with Crippen molar-refractivity contribution < 1.29 is 19.4 Å². The normalized spacial score (nSPS) is 18.3. The Labute approximate surface area is 187 Å². The maximum atomic E-state index is 13.2. The molecule has 0 saturated carbocycles. The molecule has 2 N–H and O–H groups in total. The number of aryl methyl sites for hydroxylation is 2. The van der Waals surface area contributed by atoms with Gasteiger partial charge < -0.3 is 19.7 Å². The molecule has 4 rings (SSSR count). The fraction of sp³-hybridized carbons (Fsp3) is 0.308. The highest BCUT2D eigenvalue weighted by Crippen LogP contribution is 2.41. The second-order valence-corrected chi connectivity index (χ2v) is 8.50. The molecule has 1 saturated heterocycles. The van der Waals surface area contributed by atoms with Crippen LogP contribution in [0, 0.1) is 13.8 Å². The number of carbonyl (C=O) groups is 2. The Bertz CT molecular complexity index is 1220. The monoisotopic (exact) mass is 432 g/mol. The summed E-state index contributed by atoms with van der Waals surface area (Å²) >= 11 is 0. The Balaban J connectivity index is 1.87. The smallest absolute Gasteiger partial charge is 0.295 e. The summed E-state index contributed by atoms with van der Waals surface area (Å²) in [6.45, 7) is 8.32. The molecule has 1 aliphatic heterocycles. The number of nitrogens with zero attached hydrogens (tertiary/aromatic N) is 1. The predicted octanol–water partition coefficient (Wildman–Crippen LogP) is 4.63. The van der Waals surface area contributed by atoms with Crippen LogP contribution < -0.4 is 0 Å². The molecular weight excluding hydrogens is 404 g/mol. The molecular formula is C26H28N2O4. The molecule has 1 aromatic heterocycles. The number of likely N-dealkylation sites (tertiary alicyclic amines) is 1. The van der Waals surface area contributed by atoms with E-state index in [1.165, 1.54) is 4.90 Å². The number of H-pyrrole nitrogens is 1. The molecule has 0 aliphatic carbocycles. The minimum Gasteiger partial charge on any atom is -0.507 e. The van der Waals surface area contributed by atoms with Gasteiger partial charge in [0.1, 0.15) is 5.76 Å². The molecule has 2 heterocycles. The summed E-state index contributed by atoms with van der Waals surface area (Å²) in [4.78, 5) is 30.9. The van der Waals surface area contributed by atoms with E-state index in [0.29, 0.717) is 12.2 Å². The third-order valence-electron chi connectivity index (χ3n) is 6.02. The van der Waals surface area contributed by atoms with Crippen molar-refractivity contribution in [2.24, 2.45) is 0 Å². The third-order valence-corrected chi connectivity index (χ3v) is 6.02. The van der Waals surface area contributed by atoms with Gasteiger partial charge in [0, 0.05) is 34.8 Å². The van der Waals surface area contributed by atoms with Crippen LogP contribution in [-0.2, 0) is 14.3 Å². The molecule has 1 unspecified atom stereocenters. The minimum atomic E-state index is -0.705. The van der Waals surface area contributed by atoms with Crippen LogP contribution in [0.25, 0.3) is 16.7 Å². The standard InChI is InChI=1S/C26H28N2O4/c1-15(2)32-12-11-28-23(20-14-27-21-8-6-5-7-19(20)21)22(25(30)26(28)31)24(29)18-10-9-16(3)17(4)13-18/h5-10,13-15,23,27,29H,11-12H2,1-4H3/b24-22+. The second-order valence-electron chi connectivity index (χ2n) is 8.50. The van der Waals surface area contributed by atoms with E-state index in [9.17, 15) is 14.7 Å². The van der Waals surface area contributed by atoms with Crippen LogP contribution >= 0.6 is 0 Å². The van der Waals surface area contributed by atoms with E-state index in [1.807, 2.05) is 70.3 Å². The number of rotatable bonds is 6. The Morgan fingerprint density at radius 1 is 1.12 bits per heavy atom. The number of amides is 1. The van der Waals surface area contributed by atoms with Crippen LogP contribution in [0.1, 0.15) is 42.1 Å². The minimum absolute atomic E-state index is 0.00824. The first-order valence-corrected chi connectivity index (χ1v) is 10.8. The van der Waals surface area contributed by atoms with Gasteiger partial charge in [-0.3, -0.25) is 9.59 Å². The van der Waals surface area contributed by atoms with E-state index in [0.717, 1.165) is 27.6 Å². The molecule has 6 nitrogen and oxygen atoms in total. The second kappa shape index (κ2) is 8.63. The zero-order valence-electron chi connectivity index (χ0n) is 18.8. The van der Waals surface area contributed by atoms with Gasteiger partial charge >= 0.3 is 0 Å². The van der Waals surface area contributed by atoms with Crippen molar-refractivity contribution in [3.63, 3.8) is 0 Å². The van der Waals surface area contributed by atoms with Gasteiger partial charge in [0.2, 0.25) is 0 Å². The lowest BCUT2D eigenvalue weighted by Crippen LogP contribution is -2.33. The summed E-state index contributed by atoms with van der Waals surface area (Å²) in [5.41, 5.74) is 4.38. The first kappa shape index (κ1) is 21.8. The fourth-order valence-corrected chi connectivity index (χ4v) is 4.19. The lowest BCUT2D eigenvalue weighted by atomic mass is 9.94. The number of aromatic nitrogens is 1. The summed E-state index contributed by atoms with van der Waals surface area (Å²) in [5, 5.41) is 12.1. The van der Waals surface area contributed by atoms with Crippen LogP contribution in [0.5, 0.6) is 0 Å². The molecule has 6 heteroatoms. The van der Waals surface area contributed by atoms with Crippen LogP contribution in [-0.4, -0.2) is 45.9 Å². The van der Waals surface area contributed by atoms with Crippen LogP contribution in [0.15, 0.2) is 54.2 Å². The SMILES string of the molecule is Cc1ccc(/C(O)=C2\C(=O)C(=O)N(CCOC(C)C)C2c2c[nH]c3ccccc23)cc1C. The number of hydrogen-bond donors (Lipinski definition) is 2. The predicted molar refractivity (Wildman–Crippen MR) is 124 cm³/mol. The largest absolute Gasteiger partial charge is 0.507 e. The van der Waals surface area contributed by atoms with Crippen LogP contribution in [0.3, 0.4) is 0 Å².